The highest BCUT2D eigenvalue weighted by atomic mass is 32.1. The molecule has 0 saturated heterocycles. The van der Waals surface area contributed by atoms with Gasteiger partial charge in [-0.3, -0.25) is 8.80 Å². The molecule has 7 aromatic carbocycles. The fourth-order valence-electron chi connectivity index (χ4n) is 8.08. The second kappa shape index (κ2) is 11.1. The summed E-state index contributed by atoms with van der Waals surface area (Å²) in [5.74, 6) is 0. The van der Waals surface area contributed by atoms with Crippen LogP contribution in [-0.2, 0) is 0 Å². The molecule has 0 radical (unpaired) electrons. The van der Waals surface area contributed by atoms with E-state index in [1.165, 1.54) is 52.3 Å². The molecule has 240 valence electrons. The highest BCUT2D eigenvalue weighted by Gasteiger charge is 2.42. The molecule has 0 saturated carbocycles. The van der Waals surface area contributed by atoms with E-state index in [1.54, 1.807) is 22.7 Å². The Morgan fingerprint density at radius 2 is 0.863 bits per heavy atom. The predicted molar refractivity (Wildman–Crippen MR) is 219 cm³/mol. The molecule has 0 atom stereocenters. The number of hydrogen-bond donors (Lipinski definition) is 0. The summed E-state index contributed by atoms with van der Waals surface area (Å²) >= 11 is 3.49. The second-order valence-electron chi connectivity index (χ2n) is 13.1. The van der Waals surface area contributed by atoms with Crippen LogP contribution in [0, 0.1) is 0 Å². The lowest BCUT2D eigenvalue weighted by atomic mass is 10.1. The van der Waals surface area contributed by atoms with Crippen molar-refractivity contribution in [3.63, 3.8) is 0 Å². The van der Waals surface area contributed by atoms with Gasteiger partial charge in [0.25, 0.3) is 0 Å². The lowest BCUT2D eigenvalue weighted by molar-refractivity contribution is 1.35. The summed E-state index contributed by atoms with van der Waals surface area (Å²) in [7, 11) is -2.85. The van der Waals surface area contributed by atoms with E-state index < -0.39 is 8.07 Å². The van der Waals surface area contributed by atoms with Crippen LogP contribution in [0.15, 0.2) is 170 Å². The van der Waals surface area contributed by atoms with Gasteiger partial charge in [-0.2, -0.15) is 0 Å². The van der Waals surface area contributed by atoms with Gasteiger partial charge in [-0.25, -0.2) is 9.97 Å². The van der Waals surface area contributed by atoms with Gasteiger partial charge >= 0.3 is 0 Å². The molecule has 0 unspecified atom stereocenters. The van der Waals surface area contributed by atoms with Gasteiger partial charge in [0.1, 0.15) is 0 Å². The van der Waals surface area contributed by atoms with Gasteiger partial charge < -0.3 is 0 Å². The Labute approximate surface area is 302 Å². The largest absolute Gasteiger partial charge is 0.283 e. The molecule has 0 aliphatic heterocycles. The number of imidazole rings is 2. The zero-order chi connectivity index (χ0) is 33.5. The molecule has 0 aliphatic rings. The molecule has 0 amide bonds. The van der Waals surface area contributed by atoms with Crippen LogP contribution in [0.25, 0.3) is 63.5 Å². The lowest BCUT2D eigenvalue weighted by Crippen LogP contribution is -2.74. The average Bonchev–Trinajstić information content (AvgIpc) is 3.93. The number of benzene rings is 7. The molecular formula is C44H28N4S2Si. The molecule has 11 rings (SSSR count). The third-order valence-electron chi connectivity index (χ3n) is 10.3. The Balaban J connectivity index is 1.18. The summed E-state index contributed by atoms with van der Waals surface area (Å²) in [5.41, 5.74) is 9.12. The first-order valence-corrected chi connectivity index (χ1v) is 20.7. The van der Waals surface area contributed by atoms with Gasteiger partial charge in [-0.15, -0.1) is 0 Å². The molecule has 11 aromatic rings. The normalized spacial score (nSPS) is 12.3. The van der Waals surface area contributed by atoms with Crippen LogP contribution in [0.4, 0.5) is 0 Å². The predicted octanol–water partition coefficient (Wildman–Crippen LogP) is 8.76. The van der Waals surface area contributed by atoms with E-state index in [9.17, 15) is 0 Å². The SMILES string of the molecule is c1ccc([Si](c2ccccc2)(c2cccc(-c3ccc4nc5sc6ccccc6n5c4c3)c2)c2ccc3nc4sc5ccccc5n4c3c2)cc1. The minimum atomic E-state index is -2.85. The van der Waals surface area contributed by atoms with Gasteiger partial charge in [0.05, 0.1) is 42.5 Å². The van der Waals surface area contributed by atoms with Gasteiger partial charge in [-0.05, 0) is 80.4 Å². The van der Waals surface area contributed by atoms with E-state index in [4.69, 9.17) is 9.97 Å². The Hall–Kier alpha value is -5.86. The maximum absolute atomic E-state index is 5.10. The molecule has 0 spiro atoms. The molecule has 0 N–H and O–H groups in total. The minimum Gasteiger partial charge on any atom is -0.283 e. The maximum Gasteiger partial charge on any atom is 0.195 e. The summed E-state index contributed by atoms with van der Waals surface area (Å²) in [5, 5.41) is 5.37. The monoisotopic (exact) mass is 704 g/mol. The molecular weight excluding hydrogens is 677 g/mol. The van der Waals surface area contributed by atoms with E-state index in [1.807, 2.05) is 0 Å². The van der Waals surface area contributed by atoms with Crippen LogP contribution in [0.2, 0.25) is 0 Å². The number of fused-ring (bicyclic) bond motifs is 10. The van der Waals surface area contributed by atoms with Crippen LogP contribution >= 0.6 is 22.7 Å². The van der Waals surface area contributed by atoms with E-state index >= 15 is 0 Å². The third kappa shape index (κ3) is 4.23. The summed E-state index contributed by atoms with van der Waals surface area (Å²) in [4.78, 5) is 12.2. The van der Waals surface area contributed by atoms with E-state index in [2.05, 4.69) is 179 Å². The Bertz CT molecular complexity index is 3060. The molecule has 51 heavy (non-hydrogen) atoms. The summed E-state index contributed by atoms with van der Waals surface area (Å²) < 4.78 is 7.15. The first kappa shape index (κ1) is 28.9. The molecule has 7 heteroatoms. The van der Waals surface area contributed by atoms with Crippen LogP contribution in [-0.4, -0.2) is 26.8 Å². The summed E-state index contributed by atoms with van der Waals surface area (Å²) in [6.07, 6.45) is 0. The fourth-order valence-corrected chi connectivity index (χ4v) is 15.0. The van der Waals surface area contributed by atoms with Crippen molar-refractivity contribution in [3.8, 4) is 11.1 Å². The van der Waals surface area contributed by atoms with Gasteiger partial charge in [0.15, 0.2) is 18.0 Å². The highest BCUT2D eigenvalue weighted by molar-refractivity contribution is 7.24. The van der Waals surface area contributed by atoms with Crippen LogP contribution in [0.3, 0.4) is 0 Å². The number of para-hydroxylation sites is 2. The number of aromatic nitrogens is 4. The fraction of sp³-hybridized carbons (Fsp3) is 0. The van der Waals surface area contributed by atoms with E-state index in [0.29, 0.717) is 0 Å². The summed E-state index contributed by atoms with van der Waals surface area (Å²) in [6, 6.07) is 62.6. The number of thiazole rings is 2. The Kier molecular flexibility index (Phi) is 6.28. The van der Waals surface area contributed by atoms with Crippen molar-refractivity contribution in [2.75, 3.05) is 0 Å². The maximum atomic E-state index is 5.10. The van der Waals surface area contributed by atoms with Gasteiger partial charge in [0, 0.05) is 0 Å². The molecule has 0 bridgehead atoms. The van der Waals surface area contributed by atoms with Crippen molar-refractivity contribution in [3.05, 3.63) is 170 Å². The molecule has 0 aliphatic carbocycles. The van der Waals surface area contributed by atoms with Crippen molar-refractivity contribution in [1.29, 1.82) is 0 Å². The van der Waals surface area contributed by atoms with E-state index in [-0.39, 0.29) is 0 Å². The second-order valence-corrected chi connectivity index (χ2v) is 18.9. The Morgan fingerprint density at radius 3 is 1.49 bits per heavy atom. The number of nitrogens with zero attached hydrogens (tertiary/aromatic N) is 4. The molecule has 4 nitrogen and oxygen atoms in total. The molecule has 0 fully saturated rings. The van der Waals surface area contributed by atoms with E-state index in [0.717, 1.165) is 32.0 Å². The first-order chi connectivity index (χ1) is 25.3. The van der Waals surface area contributed by atoms with Gasteiger partial charge in [0.2, 0.25) is 0 Å². The standard InChI is InChI=1S/C44H28N4S2Si/c1-3-13-31(14-4-1)51(32-15-5-2-6-16-32,34-23-25-36-40(28-34)48-38-19-8-10-21-42(38)50-44(48)46-36)33-17-11-12-29(26-33)30-22-24-35-39(27-30)47-37-18-7-9-20-41(37)49-43(47)45-35/h1-28H. The van der Waals surface area contributed by atoms with Crippen molar-refractivity contribution in [2.24, 2.45) is 0 Å². The number of rotatable bonds is 5. The molecule has 4 heterocycles. The zero-order valence-corrected chi connectivity index (χ0v) is 29.9. The van der Waals surface area contributed by atoms with Crippen molar-refractivity contribution >= 4 is 104 Å². The molecule has 4 aromatic heterocycles. The first-order valence-electron chi connectivity index (χ1n) is 17.1. The van der Waals surface area contributed by atoms with Crippen LogP contribution in [0.1, 0.15) is 0 Å². The quantitative estimate of drug-likeness (QED) is 0.133. The van der Waals surface area contributed by atoms with Crippen LogP contribution in [0.5, 0.6) is 0 Å². The van der Waals surface area contributed by atoms with Crippen molar-refractivity contribution in [2.45, 2.75) is 0 Å². The third-order valence-corrected chi connectivity index (χ3v) is 17.1. The average molecular weight is 705 g/mol. The van der Waals surface area contributed by atoms with Crippen LogP contribution < -0.4 is 20.7 Å². The number of hydrogen-bond acceptors (Lipinski definition) is 4. The minimum absolute atomic E-state index is 1.02. The van der Waals surface area contributed by atoms with Gasteiger partial charge in [-0.1, -0.05) is 144 Å². The summed E-state index contributed by atoms with van der Waals surface area (Å²) in [6.45, 7) is 0. The topological polar surface area (TPSA) is 34.6 Å². The lowest BCUT2D eigenvalue weighted by Gasteiger charge is -2.34. The highest BCUT2D eigenvalue weighted by Crippen LogP contribution is 2.33. The van der Waals surface area contributed by atoms with Crippen molar-refractivity contribution in [1.82, 2.24) is 18.8 Å². The smallest absolute Gasteiger partial charge is 0.195 e. The zero-order valence-electron chi connectivity index (χ0n) is 27.3. The Morgan fingerprint density at radius 1 is 0.373 bits per heavy atom. The van der Waals surface area contributed by atoms with Crippen molar-refractivity contribution < 1.29 is 0 Å².